The molecule has 1 aromatic carbocycles. The Bertz CT molecular complexity index is 607. The lowest BCUT2D eigenvalue weighted by Crippen LogP contribution is -2.23. The lowest BCUT2D eigenvalue weighted by molar-refractivity contribution is 0.0946. The van der Waals surface area contributed by atoms with Gasteiger partial charge in [0.15, 0.2) is 23.1 Å². The first kappa shape index (κ1) is 13.9. The van der Waals surface area contributed by atoms with Gasteiger partial charge in [-0.1, -0.05) is 6.07 Å². The highest BCUT2D eigenvalue weighted by Crippen LogP contribution is 2.27. The fraction of sp³-hybridized carbons (Fsp3) is 0.286. The van der Waals surface area contributed by atoms with E-state index in [-0.39, 0.29) is 11.6 Å². The monoisotopic (exact) mass is 276 g/mol. The van der Waals surface area contributed by atoms with E-state index in [0.717, 1.165) is 5.56 Å². The van der Waals surface area contributed by atoms with Gasteiger partial charge in [0.2, 0.25) is 0 Å². The third-order valence-electron chi connectivity index (χ3n) is 2.75. The molecule has 0 saturated carbocycles. The quantitative estimate of drug-likeness (QED) is 0.903. The molecule has 0 unspecified atom stereocenters. The third kappa shape index (κ3) is 3.09. The maximum absolute atomic E-state index is 11.8. The van der Waals surface area contributed by atoms with Crippen molar-refractivity contribution in [1.82, 2.24) is 10.3 Å². The first-order valence-electron chi connectivity index (χ1n) is 6.05. The van der Waals surface area contributed by atoms with Gasteiger partial charge in [-0.25, -0.2) is 4.98 Å². The van der Waals surface area contributed by atoms with Gasteiger partial charge in [-0.15, -0.1) is 0 Å². The van der Waals surface area contributed by atoms with Crippen LogP contribution in [0.1, 0.15) is 21.9 Å². The number of aromatic nitrogens is 1. The molecule has 6 nitrogen and oxygen atoms in total. The van der Waals surface area contributed by atoms with Crippen LogP contribution in [0.15, 0.2) is 28.9 Å². The molecule has 106 valence electrons. The standard InChI is InChI=1S/C14H16N2O4/c1-9-16-11(8-20-9)14(17)15-7-10-4-5-12(18-2)13(6-10)19-3/h4-6,8H,7H2,1-3H3,(H,15,17). The van der Waals surface area contributed by atoms with E-state index in [1.807, 2.05) is 12.1 Å². The Morgan fingerprint density at radius 1 is 1.30 bits per heavy atom. The molecule has 1 N–H and O–H groups in total. The highest BCUT2D eigenvalue weighted by Gasteiger charge is 2.11. The molecule has 0 spiro atoms. The molecule has 1 heterocycles. The van der Waals surface area contributed by atoms with Crippen molar-refractivity contribution in [2.45, 2.75) is 13.5 Å². The number of carbonyl (C=O) groups excluding carboxylic acids is 1. The predicted molar refractivity (Wildman–Crippen MR) is 72.0 cm³/mol. The molecule has 0 saturated heterocycles. The number of nitrogens with zero attached hydrogens (tertiary/aromatic N) is 1. The van der Waals surface area contributed by atoms with Crippen molar-refractivity contribution in [3.05, 3.63) is 41.6 Å². The lowest BCUT2D eigenvalue weighted by Gasteiger charge is -2.09. The maximum atomic E-state index is 11.8. The normalized spacial score (nSPS) is 10.2. The number of hydrogen-bond acceptors (Lipinski definition) is 5. The summed E-state index contributed by atoms with van der Waals surface area (Å²) < 4.78 is 15.4. The Morgan fingerprint density at radius 3 is 2.65 bits per heavy atom. The van der Waals surface area contributed by atoms with E-state index < -0.39 is 0 Å². The van der Waals surface area contributed by atoms with E-state index in [4.69, 9.17) is 13.9 Å². The van der Waals surface area contributed by atoms with Gasteiger partial charge in [0, 0.05) is 13.5 Å². The van der Waals surface area contributed by atoms with Crippen molar-refractivity contribution in [1.29, 1.82) is 0 Å². The van der Waals surface area contributed by atoms with E-state index in [0.29, 0.717) is 23.9 Å². The number of hydrogen-bond donors (Lipinski definition) is 1. The minimum atomic E-state index is -0.281. The van der Waals surface area contributed by atoms with Crippen molar-refractivity contribution >= 4 is 5.91 Å². The highest BCUT2D eigenvalue weighted by atomic mass is 16.5. The van der Waals surface area contributed by atoms with Gasteiger partial charge in [0.25, 0.3) is 5.91 Å². The second-order valence-electron chi connectivity index (χ2n) is 4.12. The average molecular weight is 276 g/mol. The largest absolute Gasteiger partial charge is 0.493 e. The second kappa shape index (κ2) is 6.10. The van der Waals surface area contributed by atoms with Crippen LogP contribution in [-0.2, 0) is 6.54 Å². The zero-order valence-electron chi connectivity index (χ0n) is 11.6. The van der Waals surface area contributed by atoms with Gasteiger partial charge in [0.05, 0.1) is 14.2 Å². The Kier molecular flexibility index (Phi) is 4.24. The van der Waals surface area contributed by atoms with Crippen LogP contribution in [0.25, 0.3) is 0 Å². The first-order chi connectivity index (χ1) is 9.63. The van der Waals surface area contributed by atoms with Crippen molar-refractivity contribution in [3.63, 3.8) is 0 Å². The van der Waals surface area contributed by atoms with Crippen molar-refractivity contribution in [2.24, 2.45) is 0 Å². The van der Waals surface area contributed by atoms with Crippen molar-refractivity contribution < 1.29 is 18.7 Å². The second-order valence-corrected chi connectivity index (χ2v) is 4.12. The smallest absolute Gasteiger partial charge is 0.273 e. The molecule has 0 radical (unpaired) electrons. The van der Waals surface area contributed by atoms with Crippen molar-refractivity contribution in [2.75, 3.05) is 14.2 Å². The Labute approximate surface area is 116 Å². The van der Waals surface area contributed by atoms with Gasteiger partial charge < -0.3 is 19.2 Å². The van der Waals surface area contributed by atoms with E-state index in [2.05, 4.69) is 10.3 Å². The van der Waals surface area contributed by atoms with E-state index in [1.165, 1.54) is 6.26 Å². The maximum Gasteiger partial charge on any atom is 0.273 e. The zero-order chi connectivity index (χ0) is 14.5. The highest BCUT2D eigenvalue weighted by molar-refractivity contribution is 5.91. The van der Waals surface area contributed by atoms with Gasteiger partial charge in [-0.2, -0.15) is 0 Å². The molecule has 2 rings (SSSR count). The molecular formula is C14H16N2O4. The molecule has 0 aliphatic heterocycles. The minimum absolute atomic E-state index is 0.267. The summed E-state index contributed by atoms with van der Waals surface area (Å²) in [5.74, 6) is 1.45. The summed E-state index contributed by atoms with van der Waals surface area (Å²) in [7, 11) is 3.14. The predicted octanol–water partition coefficient (Wildman–Crippen LogP) is 1.93. The molecule has 2 aromatic rings. The van der Waals surface area contributed by atoms with Crippen LogP contribution < -0.4 is 14.8 Å². The lowest BCUT2D eigenvalue weighted by atomic mass is 10.2. The van der Waals surface area contributed by atoms with Gasteiger partial charge in [-0.05, 0) is 17.7 Å². The minimum Gasteiger partial charge on any atom is -0.493 e. The number of oxazole rings is 1. The number of amides is 1. The van der Waals surface area contributed by atoms with E-state index >= 15 is 0 Å². The summed E-state index contributed by atoms with van der Waals surface area (Å²) >= 11 is 0. The molecular weight excluding hydrogens is 260 g/mol. The summed E-state index contributed by atoms with van der Waals surface area (Å²) in [6, 6.07) is 5.46. The molecule has 0 aliphatic carbocycles. The van der Waals surface area contributed by atoms with Gasteiger partial charge in [-0.3, -0.25) is 4.79 Å². The van der Waals surface area contributed by atoms with E-state index in [1.54, 1.807) is 27.2 Å². The summed E-state index contributed by atoms with van der Waals surface area (Å²) in [6.45, 7) is 2.05. The number of nitrogens with one attached hydrogen (secondary N) is 1. The SMILES string of the molecule is COc1ccc(CNC(=O)c2coc(C)n2)cc1OC. The van der Waals surface area contributed by atoms with Crippen molar-refractivity contribution in [3.8, 4) is 11.5 Å². The van der Waals surface area contributed by atoms with Crippen LogP contribution in [0, 0.1) is 6.92 Å². The van der Waals surface area contributed by atoms with Crippen LogP contribution in [0.2, 0.25) is 0 Å². The van der Waals surface area contributed by atoms with Gasteiger partial charge in [0.1, 0.15) is 6.26 Å². The van der Waals surface area contributed by atoms with E-state index in [9.17, 15) is 4.79 Å². The fourth-order valence-corrected chi connectivity index (χ4v) is 1.73. The number of methoxy groups -OCH3 is 2. The Morgan fingerprint density at radius 2 is 2.05 bits per heavy atom. The molecule has 0 bridgehead atoms. The number of ether oxygens (including phenoxy) is 2. The molecule has 1 amide bonds. The Balaban J connectivity index is 2.02. The van der Waals surface area contributed by atoms with Crippen LogP contribution in [0.5, 0.6) is 11.5 Å². The Hall–Kier alpha value is -2.50. The van der Waals surface area contributed by atoms with Crippen LogP contribution >= 0.6 is 0 Å². The van der Waals surface area contributed by atoms with Gasteiger partial charge >= 0.3 is 0 Å². The van der Waals surface area contributed by atoms with Crippen LogP contribution in [0.3, 0.4) is 0 Å². The number of benzene rings is 1. The summed E-state index contributed by atoms with van der Waals surface area (Å²) in [5.41, 5.74) is 1.17. The van der Waals surface area contributed by atoms with Crippen LogP contribution in [-0.4, -0.2) is 25.1 Å². The molecule has 0 atom stereocenters. The average Bonchev–Trinajstić information content (AvgIpc) is 2.91. The number of carbonyl (C=O) groups is 1. The fourth-order valence-electron chi connectivity index (χ4n) is 1.73. The number of aryl methyl sites for hydroxylation is 1. The first-order valence-corrected chi connectivity index (χ1v) is 6.05. The molecule has 0 fully saturated rings. The number of rotatable bonds is 5. The summed E-state index contributed by atoms with van der Waals surface area (Å²) in [5, 5.41) is 2.76. The zero-order valence-corrected chi connectivity index (χ0v) is 11.6. The molecule has 0 aliphatic rings. The topological polar surface area (TPSA) is 73.6 Å². The summed E-state index contributed by atoms with van der Waals surface area (Å²) in [6.07, 6.45) is 1.33. The molecule has 6 heteroatoms. The molecule has 20 heavy (non-hydrogen) atoms. The third-order valence-corrected chi connectivity index (χ3v) is 2.75. The summed E-state index contributed by atoms with van der Waals surface area (Å²) in [4.78, 5) is 15.8. The molecule has 1 aromatic heterocycles. The van der Waals surface area contributed by atoms with Crippen LogP contribution in [0.4, 0.5) is 0 Å².